The lowest BCUT2D eigenvalue weighted by molar-refractivity contribution is -0.129. The number of carbonyl (C=O) groups excluding carboxylic acids is 1. The number of aryl methyl sites for hydroxylation is 1. The molecular formula is C14H20N2O. The molecule has 2 rings (SSSR count). The van der Waals surface area contributed by atoms with Crippen molar-refractivity contribution in [1.82, 2.24) is 4.90 Å². The molecule has 0 aliphatic carbocycles. The van der Waals surface area contributed by atoms with Gasteiger partial charge in [-0.05, 0) is 31.4 Å². The van der Waals surface area contributed by atoms with Crippen molar-refractivity contribution in [2.24, 2.45) is 11.7 Å². The Labute approximate surface area is 103 Å². The molecule has 92 valence electrons. The van der Waals surface area contributed by atoms with Gasteiger partial charge in [-0.3, -0.25) is 4.79 Å². The molecule has 2 N–H and O–H groups in total. The van der Waals surface area contributed by atoms with E-state index < -0.39 is 0 Å². The Balaban J connectivity index is 1.93. The Kier molecular flexibility index (Phi) is 3.79. The number of likely N-dealkylation sites (tertiary alicyclic amines) is 1. The number of amides is 1. The summed E-state index contributed by atoms with van der Waals surface area (Å²) < 4.78 is 0. The number of hydrogen-bond acceptors (Lipinski definition) is 2. The van der Waals surface area contributed by atoms with Crippen LogP contribution in [0.25, 0.3) is 0 Å². The Hall–Kier alpha value is -1.35. The standard InChI is InChI=1S/C14H20N2O/c1-11-3-2-4-12(7-11)8-14(17)16-6-5-13(9-15)10-16/h2-4,7,13H,5-6,8-10,15H2,1H3/t13-/m1/s1. The zero-order valence-electron chi connectivity index (χ0n) is 10.4. The number of carbonyl (C=O) groups is 1. The normalized spacial score (nSPS) is 19.6. The van der Waals surface area contributed by atoms with Crippen LogP contribution in [0, 0.1) is 12.8 Å². The average molecular weight is 232 g/mol. The van der Waals surface area contributed by atoms with Crippen LogP contribution in [-0.4, -0.2) is 30.4 Å². The first-order valence-electron chi connectivity index (χ1n) is 6.22. The first-order valence-corrected chi connectivity index (χ1v) is 6.22. The van der Waals surface area contributed by atoms with E-state index in [1.165, 1.54) is 5.56 Å². The van der Waals surface area contributed by atoms with Crippen molar-refractivity contribution in [2.45, 2.75) is 19.8 Å². The maximum atomic E-state index is 12.1. The van der Waals surface area contributed by atoms with E-state index in [4.69, 9.17) is 5.73 Å². The van der Waals surface area contributed by atoms with Crippen LogP contribution < -0.4 is 5.73 Å². The molecule has 17 heavy (non-hydrogen) atoms. The molecule has 0 radical (unpaired) electrons. The van der Waals surface area contributed by atoms with E-state index in [0.717, 1.165) is 25.1 Å². The molecule has 1 atom stereocenters. The summed E-state index contributed by atoms with van der Waals surface area (Å²) in [5.74, 6) is 0.725. The zero-order valence-corrected chi connectivity index (χ0v) is 10.4. The van der Waals surface area contributed by atoms with Crippen molar-refractivity contribution in [3.63, 3.8) is 0 Å². The second-order valence-electron chi connectivity index (χ2n) is 4.90. The number of rotatable bonds is 3. The largest absolute Gasteiger partial charge is 0.342 e. The van der Waals surface area contributed by atoms with Crippen molar-refractivity contribution in [2.75, 3.05) is 19.6 Å². The van der Waals surface area contributed by atoms with E-state index in [1.807, 2.05) is 30.0 Å². The highest BCUT2D eigenvalue weighted by molar-refractivity contribution is 5.79. The van der Waals surface area contributed by atoms with Crippen LogP contribution in [0.1, 0.15) is 17.5 Å². The molecule has 1 aliphatic heterocycles. The van der Waals surface area contributed by atoms with Crippen molar-refractivity contribution >= 4 is 5.91 Å². The lowest BCUT2D eigenvalue weighted by Crippen LogP contribution is -2.31. The minimum absolute atomic E-state index is 0.228. The molecule has 0 unspecified atom stereocenters. The summed E-state index contributed by atoms with van der Waals surface area (Å²) in [5.41, 5.74) is 7.94. The summed E-state index contributed by atoms with van der Waals surface area (Å²) in [5, 5.41) is 0. The molecule has 0 aromatic heterocycles. The first-order chi connectivity index (χ1) is 8.19. The highest BCUT2D eigenvalue weighted by Crippen LogP contribution is 2.16. The van der Waals surface area contributed by atoms with Gasteiger partial charge in [0.15, 0.2) is 0 Å². The first kappa shape index (κ1) is 12.1. The Bertz CT molecular complexity index is 403. The van der Waals surface area contributed by atoms with E-state index in [2.05, 4.69) is 6.07 Å². The quantitative estimate of drug-likeness (QED) is 0.855. The van der Waals surface area contributed by atoms with E-state index in [0.29, 0.717) is 18.9 Å². The number of hydrogen-bond donors (Lipinski definition) is 1. The fourth-order valence-electron chi connectivity index (χ4n) is 2.36. The highest BCUT2D eigenvalue weighted by atomic mass is 16.2. The molecule has 1 fully saturated rings. The summed E-state index contributed by atoms with van der Waals surface area (Å²) in [4.78, 5) is 14.0. The molecule has 1 aliphatic rings. The van der Waals surface area contributed by atoms with Gasteiger partial charge in [0.25, 0.3) is 0 Å². The molecule has 0 saturated carbocycles. The van der Waals surface area contributed by atoms with Gasteiger partial charge in [-0.1, -0.05) is 29.8 Å². The van der Waals surface area contributed by atoms with Crippen molar-refractivity contribution in [1.29, 1.82) is 0 Å². The van der Waals surface area contributed by atoms with E-state index >= 15 is 0 Å². The minimum Gasteiger partial charge on any atom is -0.342 e. The topological polar surface area (TPSA) is 46.3 Å². The maximum Gasteiger partial charge on any atom is 0.226 e. The monoisotopic (exact) mass is 232 g/mol. The van der Waals surface area contributed by atoms with Gasteiger partial charge < -0.3 is 10.6 Å². The Morgan fingerprint density at radius 2 is 2.35 bits per heavy atom. The molecule has 1 aromatic carbocycles. The Morgan fingerprint density at radius 1 is 1.53 bits per heavy atom. The van der Waals surface area contributed by atoms with Gasteiger partial charge in [0.05, 0.1) is 6.42 Å². The van der Waals surface area contributed by atoms with Gasteiger partial charge in [-0.25, -0.2) is 0 Å². The lowest BCUT2D eigenvalue weighted by atomic mass is 10.1. The number of benzene rings is 1. The molecule has 1 amide bonds. The molecule has 1 heterocycles. The Morgan fingerprint density at radius 3 is 3.00 bits per heavy atom. The number of nitrogens with zero attached hydrogens (tertiary/aromatic N) is 1. The summed E-state index contributed by atoms with van der Waals surface area (Å²) >= 11 is 0. The van der Waals surface area contributed by atoms with Crippen molar-refractivity contribution in [3.8, 4) is 0 Å². The SMILES string of the molecule is Cc1cccc(CC(=O)N2CC[C@H](CN)C2)c1. The van der Waals surface area contributed by atoms with Crippen LogP contribution >= 0.6 is 0 Å². The number of nitrogens with two attached hydrogens (primary N) is 1. The van der Waals surface area contributed by atoms with Gasteiger partial charge in [-0.2, -0.15) is 0 Å². The van der Waals surface area contributed by atoms with Crippen LogP contribution in [0.2, 0.25) is 0 Å². The van der Waals surface area contributed by atoms with Gasteiger partial charge in [0.2, 0.25) is 5.91 Å². The highest BCUT2D eigenvalue weighted by Gasteiger charge is 2.24. The van der Waals surface area contributed by atoms with E-state index in [1.54, 1.807) is 0 Å². The van der Waals surface area contributed by atoms with E-state index in [9.17, 15) is 4.79 Å². The predicted molar refractivity (Wildman–Crippen MR) is 68.6 cm³/mol. The second-order valence-corrected chi connectivity index (χ2v) is 4.90. The van der Waals surface area contributed by atoms with Crippen LogP contribution in [0.15, 0.2) is 24.3 Å². The summed E-state index contributed by atoms with van der Waals surface area (Å²) in [6.07, 6.45) is 1.56. The third-order valence-electron chi connectivity index (χ3n) is 3.41. The molecular weight excluding hydrogens is 212 g/mol. The van der Waals surface area contributed by atoms with Crippen molar-refractivity contribution in [3.05, 3.63) is 35.4 Å². The molecule has 0 bridgehead atoms. The van der Waals surface area contributed by atoms with E-state index in [-0.39, 0.29) is 5.91 Å². The molecule has 0 spiro atoms. The third kappa shape index (κ3) is 3.07. The maximum absolute atomic E-state index is 12.1. The fraction of sp³-hybridized carbons (Fsp3) is 0.500. The third-order valence-corrected chi connectivity index (χ3v) is 3.41. The summed E-state index contributed by atoms with van der Waals surface area (Å²) in [7, 11) is 0. The molecule has 1 saturated heterocycles. The van der Waals surface area contributed by atoms with Crippen LogP contribution in [0.4, 0.5) is 0 Å². The van der Waals surface area contributed by atoms with Gasteiger partial charge >= 0.3 is 0 Å². The van der Waals surface area contributed by atoms with Crippen LogP contribution in [0.3, 0.4) is 0 Å². The van der Waals surface area contributed by atoms with Gasteiger partial charge in [0, 0.05) is 13.1 Å². The summed E-state index contributed by atoms with van der Waals surface area (Å²) in [6, 6.07) is 8.15. The smallest absolute Gasteiger partial charge is 0.226 e. The molecule has 1 aromatic rings. The summed E-state index contributed by atoms with van der Waals surface area (Å²) in [6.45, 7) is 4.44. The lowest BCUT2D eigenvalue weighted by Gasteiger charge is -2.16. The van der Waals surface area contributed by atoms with Gasteiger partial charge in [0.1, 0.15) is 0 Å². The van der Waals surface area contributed by atoms with Crippen LogP contribution in [-0.2, 0) is 11.2 Å². The van der Waals surface area contributed by atoms with Gasteiger partial charge in [-0.15, -0.1) is 0 Å². The fourth-order valence-corrected chi connectivity index (χ4v) is 2.36. The second kappa shape index (κ2) is 5.32. The zero-order chi connectivity index (χ0) is 12.3. The molecule has 3 heteroatoms. The van der Waals surface area contributed by atoms with Crippen molar-refractivity contribution < 1.29 is 4.79 Å². The molecule has 3 nitrogen and oxygen atoms in total. The predicted octanol–water partition coefficient (Wildman–Crippen LogP) is 1.34. The average Bonchev–Trinajstić information content (AvgIpc) is 2.77. The minimum atomic E-state index is 0.228. The van der Waals surface area contributed by atoms with Crippen LogP contribution in [0.5, 0.6) is 0 Å².